The molecule has 0 rings (SSSR count). The Morgan fingerprint density at radius 2 is 2.08 bits per heavy atom. The highest BCUT2D eigenvalue weighted by Gasteiger charge is 2.12. The molecule has 0 amide bonds. The number of hydrogen-bond acceptors (Lipinski definition) is 4. The lowest BCUT2D eigenvalue weighted by Crippen LogP contribution is -2.30. The number of nitrogens with zero attached hydrogens (tertiary/aromatic N) is 1. The molecule has 0 saturated carbocycles. The molecule has 70 valence electrons. The van der Waals surface area contributed by atoms with Crippen molar-refractivity contribution in [1.29, 1.82) is 0 Å². The second kappa shape index (κ2) is 4.77. The Kier molecular flexibility index (Phi) is 4.36. The number of rotatable bonds is 3. The van der Waals surface area contributed by atoms with Gasteiger partial charge in [-0.05, 0) is 27.9 Å². The van der Waals surface area contributed by atoms with Gasteiger partial charge in [0.25, 0.3) is 0 Å². The number of esters is 1. The molecule has 0 aromatic carbocycles. The van der Waals surface area contributed by atoms with E-state index < -0.39 is 5.97 Å². The maximum atomic E-state index is 11.0. The van der Waals surface area contributed by atoms with Crippen LogP contribution in [-0.4, -0.2) is 36.3 Å². The molecule has 0 aromatic heterocycles. The number of aliphatic hydroxyl groups excluding tert-OH is 1. The monoisotopic (exact) mass is 173 g/mol. The van der Waals surface area contributed by atoms with Crippen LogP contribution in [0.3, 0.4) is 0 Å². The summed E-state index contributed by atoms with van der Waals surface area (Å²) in [4.78, 5) is 12.8. The summed E-state index contributed by atoms with van der Waals surface area (Å²) in [5.41, 5.74) is 0.198. The van der Waals surface area contributed by atoms with E-state index >= 15 is 0 Å². The zero-order valence-electron chi connectivity index (χ0n) is 7.87. The van der Waals surface area contributed by atoms with Crippen molar-refractivity contribution in [2.24, 2.45) is 0 Å². The number of aliphatic hydroxyl groups is 1. The third-order valence-corrected chi connectivity index (χ3v) is 1.52. The van der Waals surface area contributed by atoms with Crippen molar-refractivity contribution in [2.75, 3.05) is 14.1 Å². The first-order valence-corrected chi connectivity index (χ1v) is 3.67. The molecule has 0 spiro atoms. The largest absolute Gasteiger partial charge is 0.515 e. The average molecular weight is 173 g/mol. The Labute approximate surface area is 72.4 Å². The van der Waals surface area contributed by atoms with Gasteiger partial charge in [0.05, 0.1) is 11.8 Å². The van der Waals surface area contributed by atoms with E-state index in [1.165, 1.54) is 6.92 Å². The highest BCUT2D eigenvalue weighted by Crippen LogP contribution is 2.00. The van der Waals surface area contributed by atoms with Gasteiger partial charge in [-0.1, -0.05) is 0 Å². The van der Waals surface area contributed by atoms with Gasteiger partial charge >= 0.3 is 5.97 Å². The van der Waals surface area contributed by atoms with Crippen LogP contribution < -0.4 is 0 Å². The Morgan fingerprint density at radius 3 is 2.42 bits per heavy atom. The van der Waals surface area contributed by atoms with E-state index in [-0.39, 0.29) is 11.8 Å². The van der Waals surface area contributed by atoms with Gasteiger partial charge < -0.3 is 9.84 Å². The van der Waals surface area contributed by atoms with Crippen molar-refractivity contribution in [3.8, 4) is 0 Å². The highest BCUT2D eigenvalue weighted by molar-refractivity contribution is 5.87. The maximum absolute atomic E-state index is 11.0. The van der Waals surface area contributed by atoms with Crippen LogP contribution in [0.4, 0.5) is 0 Å². The molecule has 0 aliphatic rings. The van der Waals surface area contributed by atoms with E-state index in [2.05, 4.69) is 0 Å². The molecule has 4 nitrogen and oxygen atoms in total. The summed E-state index contributed by atoms with van der Waals surface area (Å²) in [6, 6.07) is 0. The van der Waals surface area contributed by atoms with Gasteiger partial charge in [0.1, 0.15) is 0 Å². The second-order valence-electron chi connectivity index (χ2n) is 2.78. The van der Waals surface area contributed by atoms with Crippen LogP contribution in [0.25, 0.3) is 0 Å². The maximum Gasteiger partial charge on any atom is 0.338 e. The Balaban J connectivity index is 4.02. The van der Waals surface area contributed by atoms with Crippen LogP contribution >= 0.6 is 0 Å². The van der Waals surface area contributed by atoms with Crippen molar-refractivity contribution in [3.05, 3.63) is 11.8 Å². The van der Waals surface area contributed by atoms with Crippen molar-refractivity contribution >= 4 is 5.97 Å². The predicted molar refractivity (Wildman–Crippen MR) is 45.6 cm³/mol. The Hall–Kier alpha value is -1.03. The molecule has 0 aliphatic heterocycles. The lowest BCUT2D eigenvalue weighted by Gasteiger charge is -2.19. The summed E-state index contributed by atoms with van der Waals surface area (Å²) in [7, 11) is 3.60. The van der Waals surface area contributed by atoms with Gasteiger partial charge in [0.2, 0.25) is 0 Å². The first-order valence-electron chi connectivity index (χ1n) is 3.67. The number of carbonyl (C=O) groups excluding carboxylic acids is 1. The third kappa shape index (κ3) is 3.39. The Bertz CT molecular complexity index is 187. The second-order valence-corrected chi connectivity index (χ2v) is 2.78. The first-order chi connectivity index (χ1) is 5.49. The molecule has 0 saturated heterocycles. The van der Waals surface area contributed by atoms with Crippen LogP contribution in [0.15, 0.2) is 11.8 Å². The lowest BCUT2D eigenvalue weighted by molar-refractivity contribution is -0.150. The average Bonchev–Trinajstić information content (AvgIpc) is 2.02. The lowest BCUT2D eigenvalue weighted by atomic mass is 10.3. The van der Waals surface area contributed by atoms with Crippen LogP contribution in [-0.2, 0) is 9.53 Å². The molecule has 1 atom stereocenters. The topological polar surface area (TPSA) is 49.8 Å². The van der Waals surface area contributed by atoms with E-state index in [1.807, 2.05) is 0 Å². The Morgan fingerprint density at radius 1 is 1.58 bits per heavy atom. The van der Waals surface area contributed by atoms with Gasteiger partial charge in [0, 0.05) is 0 Å². The number of ether oxygens (including phenoxy) is 1. The molecule has 0 radical (unpaired) electrons. The van der Waals surface area contributed by atoms with Gasteiger partial charge in [-0.25, -0.2) is 4.79 Å². The minimum Gasteiger partial charge on any atom is -0.515 e. The minimum atomic E-state index is -0.501. The standard InChI is InChI=1S/C8H15NO3/c1-6(5-10)8(11)12-7(2)9(3)4/h5,7,10H,1-4H3. The molecule has 0 bridgehead atoms. The van der Waals surface area contributed by atoms with Crippen molar-refractivity contribution in [2.45, 2.75) is 20.1 Å². The molecule has 0 aliphatic carbocycles. The van der Waals surface area contributed by atoms with Gasteiger partial charge in [-0.3, -0.25) is 4.90 Å². The molecule has 12 heavy (non-hydrogen) atoms. The summed E-state index contributed by atoms with van der Waals surface area (Å²) in [6.07, 6.45) is 0.456. The summed E-state index contributed by atoms with van der Waals surface area (Å²) < 4.78 is 4.92. The predicted octanol–water partition coefficient (Wildman–Crippen LogP) is 0.899. The fourth-order valence-electron chi connectivity index (χ4n) is 0.406. The summed E-state index contributed by atoms with van der Waals surface area (Å²) >= 11 is 0. The van der Waals surface area contributed by atoms with Crippen molar-refractivity contribution in [3.63, 3.8) is 0 Å². The van der Waals surface area contributed by atoms with Crippen LogP contribution in [0.1, 0.15) is 13.8 Å². The fraction of sp³-hybridized carbons (Fsp3) is 0.625. The van der Waals surface area contributed by atoms with Crippen molar-refractivity contribution in [1.82, 2.24) is 4.90 Å². The van der Waals surface area contributed by atoms with E-state index in [0.29, 0.717) is 0 Å². The molecule has 1 unspecified atom stereocenters. The van der Waals surface area contributed by atoms with Gasteiger partial charge in [-0.15, -0.1) is 0 Å². The van der Waals surface area contributed by atoms with E-state index in [9.17, 15) is 4.79 Å². The summed E-state index contributed by atoms with van der Waals surface area (Å²) in [5.74, 6) is -0.501. The zero-order valence-corrected chi connectivity index (χ0v) is 7.87. The normalized spacial score (nSPS) is 14.6. The molecule has 1 N–H and O–H groups in total. The SMILES string of the molecule is CC(=CO)C(=O)OC(C)N(C)C. The molecular weight excluding hydrogens is 158 g/mol. The van der Waals surface area contributed by atoms with Crippen LogP contribution in [0.5, 0.6) is 0 Å². The first kappa shape index (κ1) is 11.0. The molecule has 0 aromatic rings. The van der Waals surface area contributed by atoms with Gasteiger partial charge in [0.15, 0.2) is 6.23 Å². The summed E-state index contributed by atoms with van der Waals surface area (Å²) in [5, 5.41) is 8.48. The van der Waals surface area contributed by atoms with Crippen molar-refractivity contribution < 1.29 is 14.6 Å². The number of hydrogen-bond donors (Lipinski definition) is 1. The van der Waals surface area contributed by atoms with Gasteiger partial charge in [-0.2, -0.15) is 0 Å². The quantitative estimate of drug-likeness (QED) is 0.298. The zero-order chi connectivity index (χ0) is 9.72. The summed E-state index contributed by atoms with van der Waals surface area (Å²) in [6.45, 7) is 3.24. The molecular formula is C8H15NO3. The molecule has 0 heterocycles. The number of carbonyl (C=O) groups is 1. The van der Waals surface area contributed by atoms with E-state index in [1.54, 1.807) is 25.9 Å². The molecule has 4 heteroatoms. The van der Waals surface area contributed by atoms with E-state index in [0.717, 1.165) is 6.26 Å². The van der Waals surface area contributed by atoms with Crippen LogP contribution in [0, 0.1) is 0 Å². The van der Waals surface area contributed by atoms with Crippen LogP contribution in [0.2, 0.25) is 0 Å². The highest BCUT2D eigenvalue weighted by atomic mass is 16.6. The fourth-order valence-corrected chi connectivity index (χ4v) is 0.406. The third-order valence-electron chi connectivity index (χ3n) is 1.52. The molecule has 0 fully saturated rings. The minimum absolute atomic E-state index is 0.198. The smallest absolute Gasteiger partial charge is 0.338 e. The van der Waals surface area contributed by atoms with E-state index in [4.69, 9.17) is 9.84 Å².